The first-order valence-corrected chi connectivity index (χ1v) is 4.15. The number of nitrogens with one attached hydrogen (secondary N) is 1. The van der Waals surface area contributed by atoms with Crippen LogP contribution in [0.1, 0.15) is 12.0 Å². The van der Waals surface area contributed by atoms with E-state index in [0.717, 1.165) is 30.9 Å². The maximum Gasteiger partial charge on any atom is 0.129 e. The van der Waals surface area contributed by atoms with Gasteiger partial charge in [0.15, 0.2) is 0 Å². The van der Waals surface area contributed by atoms with Crippen LogP contribution < -0.4 is 5.32 Å². The lowest BCUT2D eigenvalue weighted by atomic mass is 10.2. The molecule has 13 heavy (non-hydrogen) atoms. The van der Waals surface area contributed by atoms with E-state index in [4.69, 9.17) is 0 Å². The standard InChI is InChI=1S/C9H11N3.ClH/c1-3-8(7-10-4-1)9-11-5-2-6-12-9;/h1,3-4,7H,2,5-6H2,(H,11,12);1H. The zero-order valence-electron chi connectivity index (χ0n) is 7.23. The first-order chi connectivity index (χ1) is 5.97. The SMILES string of the molecule is Cl.c1cncc(C2=NCCCN2)c1. The van der Waals surface area contributed by atoms with Crippen molar-refractivity contribution in [1.29, 1.82) is 0 Å². The number of hydrogen-bond donors (Lipinski definition) is 1. The number of nitrogens with zero attached hydrogens (tertiary/aromatic N) is 2. The molecule has 3 nitrogen and oxygen atoms in total. The van der Waals surface area contributed by atoms with E-state index < -0.39 is 0 Å². The van der Waals surface area contributed by atoms with Crippen molar-refractivity contribution in [2.75, 3.05) is 13.1 Å². The highest BCUT2D eigenvalue weighted by Gasteiger charge is 2.05. The molecule has 0 fully saturated rings. The molecular formula is C9H12ClN3. The van der Waals surface area contributed by atoms with Gasteiger partial charge in [0.1, 0.15) is 5.84 Å². The smallest absolute Gasteiger partial charge is 0.129 e. The molecule has 70 valence electrons. The molecule has 0 amide bonds. The van der Waals surface area contributed by atoms with Crippen molar-refractivity contribution in [2.24, 2.45) is 4.99 Å². The van der Waals surface area contributed by atoms with Gasteiger partial charge < -0.3 is 5.32 Å². The lowest BCUT2D eigenvalue weighted by Gasteiger charge is -2.13. The molecule has 1 N–H and O–H groups in total. The Balaban J connectivity index is 0.000000845. The van der Waals surface area contributed by atoms with Crippen LogP contribution in [0, 0.1) is 0 Å². The maximum absolute atomic E-state index is 4.37. The van der Waals surface area contributed by atoms with Gasteiger partial charge in [-0.15, -0.1) is 12.4 Å². The van der Waals surface area contributed by atoms with Crippen LogP contribution in [0.4, 0.5) is 0 Å². The fourth-order valence-electron chi connectivity index (χ4n) is 1.23. The molecule has 0 atom stereocenters. The highest BCUT2D eigenvalue weighted by molar-refractivity contribution is 5.98. The monoisotopic (exact) mass is 197 g/mol. The van der Waals surface area contributed by atoms with Gasteiger partial charge in [0.2, 0.25) is 0 Å². The van der Waals surface area contributed by atoms with Gasteiger partial charge in [-0.2, -0.15) is 0 Å². The number of rotatable bonds is 1. The molecule has 0 saturated heterocycles. The van der Waals surface area contributed by atoms with E-state index in [1.807, 2.05) is 18.3 Å². The minimum Gasteiger partial charge on any atom is -0.370 e. The molecule has 2 heterocycles. The average Bonchev–Trinajstić information content (AvgIpc) is 2.21. The van der Waals surface area contributed by atoms with Crippen LogP contribution in [0.2, 0.25) is 0 Å². The Morgan fingerprint density at radius 2 is 2.31 bits per heavy atom. The van der Waals surface area contributed by atoms with Crippen molar-refractivity contribution in [3.05, 3.63) is 30.1 Å². The number of amidine groups is 1. The minimum absolute atomic E-state index is 0. The fraction of sp³-hybridized carbons (Fsp3) is 0.333. The molecule has 0 saturated carbocycles. The Morgan fingerprint density at radius 3 is 2.92 bits per heavy atom. The molecule has 0 aromatic carbocycles. The molecule has 2 rings (SSSR count). The normalized spacial score (nSPS) is 15.2. The van der Waals surface area contributed by atoms with Crippen molar-refractivity contribution in [2.45, 2.75) is 6.42 Å². The number of halogens is 1. The molecule has 0 spiro atoms. The summed E-state index contributed by atoms with van der Waals surface area (Å²) >= 11 is 0. The van der Waals surface area contributed by atoms with Crippen molar-refractivity contribution < 1.29 is 0 Å². The van der Waals surface area contributed by atoms with Crippen LogP contribution in [0.5, 0.6) is 0 Å². The molecule has 4 heteroatoms. The van der Waals surface area contributed by atoms with Gasteiger partial charge in [0.25, 0.3) is 0 Å². The van der Waals surface area contributed by atoms with Crippen LogP contribution in [0.25, 0.3) is 0 Å². The van der Waals surface area contributed by atoms with Gasteiger partial charge in [0, 0.05) is 31.0 Å². The third kappa shape index (κ3) is 2.42. The lowest BCUT2D eigenvalue weighted by molar-refractivity contribution is 0.742. The summed E-state index contributed by atoms with van der Waals surface area (Å²) in [6, 6.07) is 3.94. The molecule has 0 unspecified atom stereocenters. The third-order valence-electron chi connectivity index (χ3n) is 1.83. The van der Waals surface area contributed by atoms with Crippen LogP contribution >= 0.6 is 12.4 Å². The summed E-state index contributed by atoms with van der Waals surface area (Å²) < 4.78 is 0. The highest BCUT2D eigenvalue weighted by atomic mass is 35.5. The van der Waals surface area contributed by atoms with Crippen molar-refractivity contribution in [1.82, 2.24) is 10.3 Å². The summed E-state index contributed by atoms with van der Waals surface area (Å²) in [4.78, 5) is 8.40. The largest absolute Gasteiger partial charge is 0.370 e. The van der Waals surface area contributed by atoms with Crippen molar-refractivity contribution >= 4 is 18.2 Å². The van der Waals surface area contributed by atoms with E-state index in [2.05, 4.69) is 15.3 Å². The second-order valence-electron chi connectivity index (χ2n) is 2.75. The molecule has 1 aromatic heterocycles. The predicted octanol–water partition coefficient (Wildman–Crippen LogP) is 1.24. The zero-order chi connectivity index (χ0) is 8.23. The van der Waals surface area contributed by atoms with Crippen LogP contribution in [-0.4, -0.2) is 23.9 Å². The van der Waals surface area contributed by atoms with Gasteiger partial charge in [-0.3, -0.25) is 9.98 Å². The Hall–Kier alpha value is -1.09. The first-order valence-electron chi connectivity index (χ1n) is 4.15. The quantitative estimate of drug-likeness (QED) is 0.736. The Kier molecular flexibility index (Phi) is 3.71. The van der Waals surface area contributed by atoms with Crippen LogP contribution in [-0.2, 0) is 0 Å². The number of hydrogen-bond acceptors (Lipinski definition) is 3. The van der Waals surface area contributed by atoms with E-state index >= 15 is 0 Å². The summed E-state index contributed by atoms with van der Waals surface area (Å²) in [5, 5.41) is 3.25. The average molecular weight is 198 g/mol. The fourth-order valence-corrected chi connectivity index (χ4v) is 1.23. The number of aliphatic imine (C=N–C) groups is 1. The summed E-state index contributed by atoms with van der Waals surface area (Å²) in [6.07, 6.45) is 4.73. The van der Waals surface area contributed by atoms with E-state index in [1.54, 1.807) is 6.20 Å². The van der Waals surface area contributed by atoms with Gasteiger partial charge in [-0.05, 0) is 18.6 Å². The summed E-state index contributed by atoms with van der Waals surface area (Å²) in [5.74, 6) is 0.981. The minimum atomic E-state index is 0. The number of aromatic nitrogens is 1. The summed E-state index contributed by atoms with van der Waals surface area (Å²) in [6.45, 7) is 1.95. The van der Waals surface area contributed by atoms with Gasteiger partial charge in [-0.25, -0.2) is 0 Å². The van der Waals surface area contributed by atoms with E-state index in [1.165, 1.54) is 0 Å². The Bertz CT molecular complexity index is 284. The van der Waals surface area contributed by atoms with Gasteiger partial charge >= 0.3 is 0 Å². The molecule has 0 radical (unpaired) electrons. The molecule has 0 aliphatic carbocycles. The molecule has 0 bridgehead atoms. The van der Waals surface area contributed by atoms with Crippen LogP contribution in [0.15, 0.2) is 29.5 Å². The second kappa shape index (κ2) is 4.82. The van der Waals surface area contributed by atoms with E-state index in [9.17, 15) is 0 Å². The molecule has 1 aromatic rings. The zero-order valence-corrected chi connectivity index (χ0v) is 8.05. The topological polar surface area (TPSA) is 37.3 Å². The van der Waals surface area contributed by atoms with E-state index in [0.29, 0.717) is 0 Å². The first kappa shape index (κ1) is 9.99. The second-order valence-corrected chi connectivity index (χ2v) is 2.75. The Labute approximate surface area is 83.7 Å². The summed E-state index contributed by atoms with van der Waals surface area (Å²) in [5.41, 5.74) is 1.08. The number of pyridine rings is 1. The van der Waals surface area contributed by atoms with Crippen molar-refractivity contribution in [3.8, 4) is 0 Å². The van der Waals surface area contributed by atoms with Crippen molar-refractivity contribution in [3.63, 3.8) is 0 Å². The highest BCUT2D eigenvalue weighted by Crippen LogP contribution is 2.00. The lowest BCUT2D eigenvalue weighted by Crippen LogP contribution is -2.30. The third-order valence-corrected chi connectivity index (χ3v) is 1.83. The summed E-state index contributed by atoms with van der Waals surface area (Å²) in [7, 11) is 0. The maximum atomic E-state index is 4.37. The Morgan fingerprint density at radius 1 is 1.38 bits per heavy atom. The van der Waals surface area contributed by atoms with Crippen LogP contribution in [0.3, 0.4) is 0 Å². The molecular weight excluding hydrogens is 186 g/mol. The van der Waals surface area contributed by atoms with Gasteiger partial charge in [-0.1, -0.05) is 0 Å². The van der Waals surface area contributed by atoms with E-state index in [-0.39, 0.29) is 12.4 Å². The molecule has 1 aliphatic heterocycles. The van der Waals surface area contributed by atoms with Gasteiger partial charge in [0.05, 0.1) is 0 Å². The predicted molar refractivity (Wildman–Crippen MR) is 55.5 cm³/mol. The molecule has 1 aliphatic rings.